The van der Waals surface area contributed by atoms with E-state index in [1.807, 2.05) is 13.8 Å². The van der Waals surface area contributed by atoms with Crippen molar-refractivity contribution in [3.63, 3.8) is 0 Å². The fourth-order valence-corrected chi connectivity index (χ4v) is 3.12. The summed E-state index contributed by atoms with van der Waals surface area (Å²) in [7, 11) is 0. The highest BCUT2D eigenvalue weighted by molar-refractivity contribution is 5.90. The molecule has 1 rings (SSSR count). The largest absolute Gasteiger partial charge is 0.355 e. The van der Waals surface area contributed by atoms with E-state index in [9.17, 15) is 9.59 Å². The maximum absolute atomic E-state index is 12.8. The SMILES string of the molecule is CCCNC(=O)CN(CCC)C(=O)C1(N)CCCC(C)C1. The van der Waals surface area contributed by atoms with E-state index in [2.05, 4.69) is 12.2 Å². The van der Waals surface area contributed by atoms with Crippen molar-refractivity contribution in [1.82, 2.24) is 10.2 Å². The molecule has 0 bridgehead atoms. The Bertz CT molecular complexity index is 359. The van der Waals surface area contributed by atoms with Crippen LogP contribution in [0.3, 0.4) is 0 Å². The Morgan fingerprint density at radius 1 is 1.33 bits per heavy atom. The van der Waals surface area contributed by atoms with Crippen LogP contribution in [0.5, 0.6) is 0 Å². The maximum Gasteiger partial charge on any atom is 0.243 e. The number of rotatable bonds is 7. The summed E-state index contributed by atoms with van der Waals surface area (Å²) < 4.78 is 0. The van der Waals surface area contributed by atoms with Gasteiger partial charge in [0.2, 0.25) is 11.8 Å². The summed E-state index contributed by atoms with van der Waals surface area (Å²) in [5, 5.41) is 2.83. The van der Waals surface area contributed by atoms with Crippen LogP contribution in [0.25, 0.3) is 0 Å². The van der Waals surface area contributed by atoms with Crippen LogP contribution in [-0.4, -0.2) is 41.9 Å². The van der Waals surface area contributed by atoms with Crippen molar-refractivity contribution in [2.75, 3.05) is 19.6 Å². The number of nitrogens with two attached hydrogens (primary N) is 1. The summed E-state index contributed by atoms with van der Waals surface area (Å²) in [6, 6.07) is 0. The number of carbonyl (C=O) groups excluding carboxylic acids is 2. The number of nitrogens with zero attached hydrogens (tertiary/aromatic N) is 1. The minimum Gasteiger partial charge on any atom is -0.355 e. The lowest BCUT2D eigenvalue weighted by Gasteiger charge is -2.39. The quantitative estimate of drug-likeness (QED) is 0.750. The fourth-order valence-electron chi connectivity index (χ4n) is 3.12. The topological polar surface area (TPSA) is 75.4 Å². The van der Waals surface area contributed by atoms with Crippen LogP contribution in [0.1, 0.15) is 59.3 Å². The molecule has 0 aromatic carbocycles. The molecule has 1 aliphatic rings. The average molecular weight is 297 g/mol. The molecule has 0 spiro atoms. The van der Waals surface area contributed by atoms with E-state index >= 15 is 0 Å². The van der Waals surface area contributed by atoms with E-state index in [-0.39, 0.29) is 18.4 Å². The highest BCUT2D eigenvalue weighted by Crippen LogP contribution is 2.31. The normalized spacial score (nSPS) is 25.4. The summed E-state index contributed by atoms with van der Waals surface area (Å²) >= 11 is 0. The molecule has 2 atom stereocenters. The summed E-state index contributed by atoms with van der Waals surface area (Å²) in [6.45, 7) is 7.53. The van der Waals surface area contributed by atoms with Crippen molar-refractivity contribution in [2.45, 2.75) is 64.8 Å². The van der Waals surface area contributed by atoms with Gasteiger partial charge in [0, 0.05) is 13.1 Å². The van der Waals surface area contributed by atoms with Crippen molar-refractivity contribution in [1.29, 1.82) is 0 Å². The molecule has 21 heavy (non-hydrogen) atoms. The van der Waals surface area contributed by atoms with Crippen LogP contribution < -0.4 is 11.1 Å². The van der Waals surface area contributed by atoms with Gasteiger partial charge in [0.05, 0.1) is 12.1 Å². The Morgan fingerprint density at radius 2 is 2.05 bits per heavy atom. The third-order valence-corrected chi connectivity index (χ3v) is 4.15. The Balaban J connectivity index is 2.69. The molecule has 5 nitrogen and oxygen atoms in total. The van der Waals surface area contributed by atoms with Gasteiger partial charge in [-0.1, -0.05) is 33.6 Å². The van der Waals surface area contributed by atoms with Gasteiger partial charge in [-0.3, -0.25) is 9.59 Å². The van der Waals surface area contributed by atoms with Crippen molar-refractivity contribution in [2.24, 2.45) is 11.7 Å². The second-order valence-corrected chi connectivity index (χ2v) is 6.43. The number of nitrogens with one attached hydrogen (secondary N) is 1. The van der Waals surface area contributed by atoms with Gasteiger partial charge in [0.1, 0.15) is 0 Å². The minimum absolute atomic E-state index is 0.0532. The second-order valence-electron chi connectivity index (χ2n) is 6.43. The van der Waals surface area contributed by atoms with Crippen molar-refractivity contribution in [3.05, 3.63) is 0 Å². The van der Waals surface area contributed by atoms with Crippen molar-refractivity contribution >= 4 is 11.8 Å². The van der Waals surface area contributed by atoms with E-state index in [1.165, 1.54) is 0 Å². The lowest BCUT2D eigenvalue weighted by molar-refractivity contribution is -0.142. The average Bonchev–Trinajstić information content (AvgIpc) is 2.43. The van der Waals surface area contributed by atoms with Gasteiger partial charge >= 0.3 is 0 Å². The number of carbonyl (C=O) groups is 2. The van der Waals surface area contributed by atoms with E-state index in [0.29, 0.717) is 19.0 Å². The van der Waals surface area contributed by atoms with Crippen LogP contribution in [0.15, 0.2) is 0 Å². The zero-order valence-corrected chi connectivity index (χ0v) is 13.8. The zero-order valence-electron chi connectivity index (χ0n) is 13.8. The van der Waals surface area contributed by atoms with Crippen molar-refractivity contribution in [3.8, 4) is 0 Å². The molecule has 1 saturated carbocycles. The lowest BCUT2D eigenvalue weighted by atomic mass is 9.76. The fraction of sp³-hybridized carbons (Fsp3) is 0.875. The van der Waals surface area contributed by atoms with E-state index in [1.54, 1.807) is 4.90 Å². The van der Waals surface area contributed by atoms with Gasteiger partial charge in [-0.05, 0) is 31.6 Å². The molecule has 2 amide bonds. The molecular weight excluding hydrogens is 266 g/mol. The minimum atomic E-state index is -0.780. The van der Waals surface area contributed by atoms with Gasteiger partial charge < -0.3 is 16.0 Å². The third kappa shape index (κ3) is 5.30. The summed E-state index contributed by atoms with van der Waals surface area (Å²) in [6.07, 6.45) is 5.31. The summed E-state index contributed by atoms with van der Waals surface area (Å²) in [5.41, 5.74) is 5.60. The Morgan fingerprint density at radius 3 is 2.62 bits per heavy atom. The monoisotopic (exact) mass is 297 g/mol. The standard InChI is InChI=1S/C16H31N3O2/c1-4-9-18-14(20)12-19(10-5-2)15(21)16(17)8-6-7-13(3)11-16/h13H,4-12,17H2,1-3H3,(H,18,20). The Kier molecular flexibility index (Phi) is 7.15. The molecule has 0 saturated heterocycles. The van der Waals surface area contributed by atoms with Gasteiger partial charge in [-0.25, -0.2) is 0 Å². The van der Waals surface area contributed by atoms with Crippen molar-refractivity contribution < 1.29 is 9.59 Å². The van der Waals surface area contributed by atoms with E-state index in [0.717, 1.165) is 38.5 Å². The number of amides is 2. The van der Waals surface area contributed by atoms with Crippen LogP contribution in [0, 0.1) is 5.92 Å². The molecule has 1 aliphatic carbocycles. The molecule has 0 heterocycles. The Labute approximate surface area is 128 Å². The molecule has 5 heteroatoms. The third-order valence-electron chi connectivity index (χ3n) is 4.15. The molecule has 0 aliphatic heterocycles. The van der Waals surface area contributed by atoms with Gasteiger partial charge in [-0.2, -0.15) is 0 Å². The molecule has 3 N–H and O–H groups in total. The summed E-state index contributed by atoms with van der Waals surface area (Å²) in [4.78, 5) is 26.3. The lowest BCUT2D eigenvalue weighted by Crippen LogP contribution is -2.58. The number of hydrogen-bond donors (Lipinski definition) is 2. The predicted octanol–water partition coefficient (Wildman–Crippen LogP) is 1.66. The van der Waals surface area contributed by atoms with Crippen LogP contribution in [0.2, 0.25) is 0 Å². The van der Waals surface area contributed by atoms with Crippen LogP contribution >= 0.6 is 0 Å². The van der Waals surface area contributed by atoms with Crippen LogP contribution in [-0.2, 0) is 9.59 Å². The Hall–Kier alpha value is -1.10. The van der Waals surface area contributed by atoms with E-state index in [4.69, 9.17) is 5.73 Å². The predicted molar refractivity (Wildman–Crippen MR) is 84.7 cm³/mol. The molecule has 0 aromatic rings. The molecule has 0 aromatic heterocycles. The highest BCUT2D eigenvalue weighted by Gasteiger charge is 2.40. The molecule has 122 valence electrons. The molecule has 1 fully saturated rings. The van der Waals surface area contributed by atoms with Gasteiger partial charge in [0.15, 0.2) is 0 Å². The number of hydrogen-bond acceptors (Lipinski definition) is 3. The molecule has 0 radical (unpaired) electrons. The first-order valence-electron chi connectivity index (χ1n) is 8.28. The highest BCUT2D eigenvalue weighted by atomic mass is 16.2. The smallest absolute Gasteiger partial charge is 0.243 e. The maximum atomic E-state index is 12.8. The first kappa shape index (κ1) is 18.0. The summed E-state index contributed by atoms with van der Waals surface area (Å²) in [5.74, 6) is 0.332. The van der Waals surface area contributed by atoms with E-state index < -0.39 is 5.54 Å². The first-order chi connectivity index (χ1) is 9.92. The molecule has 2 unspecified atom stereocenters. The van der Waals surface area contributed by atoms with Gasteiger partial charge in [0.25, 0.3) is 0 Å². The zero-order chi connectivity index (χ0) is 15.9. The molecular formula is C16H31N3O2. The second kappa shape index (κ2) is 8.37. The van der Waals surface area contributed by atoms with Crippen LogP contribution in [0.4, 0.5) is 0 Å². The van der Waals surface area contributed by atoms with Gasteiger partial charge in [-0.15, -0.1) is 0 Å². The first-order valence-corrected chi connectivity index (χ1v) is 8.28.